The molecule has 0 bridgehead atoms. The van der Waals surface area contributed by atoms with Crippen LogP contribution >= 0.6 is 0 Å². The van der Waals surface area contributed by atoms with Crippen molar-refractivity contribution in [1.82, 2.24) is 0 Å². The quantitative estimate of drug-likeness (QED) is 0.618. The molecule has 0 radical (unpaired) electrons. The Hall–Kier alpha value is -1.71. The second-order valence-electron chi connectivity index (χ2n) is 5.83. The number of methoxy groups -OCH3 is 1. The fourth-order valence-corrected chi connectivity index (χ4v) is 2.44. The summed E-state index contributed by atoms with van der Waals surface area (Å²) in [5.74, 6) is 1.43. The number of hydrogen-bond donors (Lipinski definition) is 2. The zero-order valence-corrected chi connectivity index (χ0v) is 13.1. The van der Waals surface area contributed by atoms with Gasteiger partial charge in [0.2, 0.25) is 0 Å². The number of carbonyl (C=O) groups is 1. The Balaban J connectivity index is 2.76. The van der Waals surface area contributed by atoms with E-state index in [0.29, 0.717) is 29.0 Å². The average Bonchev–Trinajstić information content (AvgIpc) is 2.38. The molecule has 1 rings (SSSR count). The molecule has 0 amide bonds. The van der Waals surface area contributed by atoms with Crippen molar-refractivity contribution in [1.29, 1.82) is 0 Å². The minimum absolute atomic E-state index is 0.370. The molecular weight excluding hydrogens is 252 g/mol. The van der Waals surface area contributed by atoms with E-state index in [0.717, 1.165) is 12.2 Å². The summed E-state index contributed by atoms with van der Waals surface area (Å²) in [6, 6.07) is 5.21. The number of hydrogen-bond acceptors (Lipinski definition) is 4. The van der Waals surface area contributed by atoms with E-state index in [1.54, 1.807) is 12.1 Å². The lowest BCUT2D eigenvalue weighted by Crippen LogP contribution is -2.24. The molecule has 20 heavy (non-hydrogen) atoms. The highest BCUT2D eigenvalue weighted by Crippen LogP contribution is 2.24. The van der Waals surface area contributed by atoms with Gasteiger partial charge in [0, 0.05) is 6.54 Å². The van der Waals surface area contributed by atoms with Crippen molar-refractivity contribution in [2.75, 3.05) is 24.7 Å². The van der Waals surface area contributed by atoms with Crippen LogP contribution in [0.4, 0.5) is 11.4 Å². The van der Waals surface area contributed by atoms with Crippen LogP contribution in [0, 0.1) is 17.8 Å². The predicted octanol–water partition coefficient (Wildman–Crippen LogP) is 3.40. The molecule has 112 valence electrons. The molecule has 0 aliphatic heterocycles. The topological polar surface area (TPSA) is 64.3 Å². The molecule has 4 nitrogen and oxygen atoms in total. The monoisotopic (exact) mass is 278 g/mol. The molecule has 0 spiro atoms. The number of nitrogen functional groups attached to an aromatic ring is 1. The lowest BCUT2D eigenvalue weighted by Gasteiger charge is -2.26. The fourth-order valence-electron chi connectivity index (χ4n) is 2.44. The van der Waals surface area contributed by atoms with E-state index in [9.17, 15) is 4.79 Å². The number of nitrogens with one attached hydrogen (secondary N) is 1. The number of nitrogens with two attached hydrogens (primary N) is 1. The summed E-state index contributed by atoms with van der Waals surface area (Å²) >= 11 is 0. The Labute approximate surface area is 121 Å². The predicted molar refractivity (Wildman–Crippen MR) is 83.8 cm³/mol. The molecule has 0 aromatic heterocycles. The van der Waals surface area contributed by atoms with Gasteiger partial charge in [-0.2, -0.15) is 0 Å². The number of rotatable bonds is 6. The van der Waals surface area contributed by atoms with Gasteiger partial charge in [0.1, 0.15) is 0 Å². The summed E-state index contributed by atoms with van der Waals surface area (Å²) < 4.78 is 4.68. The molecule has 4 heteroatoms. The van der Waals surface area contributed by atoms with Gasteiger partial charge in [-0.3, -0.25) is 0 Å². The van der Waals surface area contributed by atoms with Crippen LogP contribution in [0.25, 0.3) is 0 Å². The molecule has 0 saturated heterocycles. The minimum atomic E-state index is -0.370. The van der Waals surface area contributed by atoms with Crippen LogP contribution in [0.1, 0.15) is 38.1 Å². The van der Waals surface area contributed by atoms with Crippen LogP contribution in [-0.4, -0.2) is 19.6 Å². The second kappa shape index (κ2) is 7.17. The van der Waals surface area contributed by atoms with E-state index in [4.69, 9.17) is 5.73 Å². The summed E-state index contributed by atoms with van der Waals surface area (Å²) in [5.41, 5.74) is 7.89. The first kappa shape index (κ1) is 16.3. The van der Waals surface area contributed by atoms with E-state index < -0.39 is 0 Å². The van der Waals surface area contributed by atoms with E-state index in [2.05, 4.69) is 37.7 Å². The summed E-state index contributed by atoms with van der Waals surface area (Å²) in [6.07, 6.45) is 0. The Morgan fingerprint density at radius 2 is 1.85 bits per heavy atom. The first-order chi connectivity index (χ1) is 9.36. The number of ether oxygens (including phenoxy) is 1. The van der Waals surface area contributed by atoms with Crippen LogP contribution in [0.2, 0.25) is 0 Å². The maximum atomic E-state index is 11.4. The summed E-state index contributed by atoms with van der Waals surface area (Å²) in [6.45, 7) is 9.80. The number of benzene rings is 1. The van der Waals surface area contributed by atoms with Gasteiger partial charge < -0.3 is 15.8 Å². The first-order valence-corrected chi connectivity index (χ1v) is 7.08. The first-order valence-electron chi connectivity index (χ1n) is 7.08. The van der Waals surface area contributed by atoms with Gasteiger partial charge in [-0.05, 0) is 36.0 Å². The molecule has 0 heterocycles. The molecular formula is C16H26N2O2. The molecule has 0 atom stereocenters. The maximum Gasteiger partial charge on any atom is 0.337 e. The van der Waals surface area contributed by atoms with Crippen LogP contribution in [0.3, 0.4) is 0 Å². The zero-order chi connectivity index (χ0) is 15.3. The third-order valence-corrected chi connectivity index (χ3v) is 3.71. The highest BCUT2D eigenvalue weighted by Gasteiger charge is 2.17. The third-order valence-electron chi connectivity index (χ3n) is 3.71. The molecule has 3 N–H and O–H groups in total. The molecule has 0 fully saturated rings. The zero-order valence-electron chi connectivity index (χ0n) is 13.1. The third kappa shape index (κ3) is 4.15. The van der Waals surface area contributed by atoms with Gasteiger partial charge in [-0.25, -0.2) is 4.79 Å². The van der Waals surface area contributed by atoms with Crippen LogP contribution in [0.15, 0.2) is 18.2 Å². The Morgan fingerprint density at radius 3 is 2.30 bits per heavy atom. The van der Waals surface area contributed by atoms with Crippen molar-refractivity contribution in [2.45, 2.75) is 27.7 Å². The van der Waals surface area contributed by atoms with Gasteiger partial charge in [0.05, 0.1) is 24.0 Å². The summed E-state index contributed by atoms with van der Waals surface area (Å²) in [4.78, 5) is 11.4. The van der Waals surface area contributed by atoms with Crippen molar-refractivity contribution in [2.24, 2.45) is 17.8 Å². The van der Waals surface area contributed by atoms with E-state index in [1.165, 1.54) is 7.11 Å². The number of esters is 1. The molecule has 1 aromatic rings. The number of carbonyl (C=O) groups excluding carboxylic acids is 1. The van der Waals surface area contributed by atoms with Gasteiger partial charge in [0.25, 0.3) is 0 Å². The van der Waals surface area contributed by atoms with Gasteiger partial charge in [0.15, 0.2) is 0 Å². The molecule has 0 aliphatic rings. The Morgan fingerprint density at radius 1 is 1.25 bits per heavy atom. The molecule has 1 aromatic carbocycles. The van der Waals surface area contributed by atoms with Crippen molar-refractivity contribution in [3.63, 3.8) is 0 Å². The smallest absolute Gasteiger partial charge is 0.337 e. The van der Waals surface area contributed by atoms with Crippen LogP contribution < -0.4 is 11.1 Å². The highest BCUT2D eigenvalue weighted by atomic mass is 16.5. The van der Waals surface area contributed by atoms with E-state index >= 15 is 0 Å². The van der Waals surface area contributed by atoms with Crippen molar-refractivity contribution >= 4 is 17.3 Å². The minimum Gasteiger partial charge on any atom is -0.465 e. The Bertz CT molecular complexity index is 448. The van der Waals surface area contributed by atoms with Crippen LogP contribution in [-0.2, 0) is 4.74 Å². The highest BCUT2D eigenvalue weighted by molar-refractivity contribution is 5.91. The SMILES string of the molecule is COC(=O)c1ccc(NCC(C(C)C)C(C)C)c(N)c1. The number of anilines is 2. The maximum absolute atomic E-state index is 11.4. The van der Waals surface area contributed by atoms with Crippen molar-refractivity contribution in [3.8, 4) is 0 Å². The van der Waals surface area contributed by atoms with Gasteiger partial charge >= 0.3 is 5.97 Å². The Kier molecular flexibility index (Phi) is 5.86. The largest absolute Gasteiger partial charge is 0.465 e. The molecule has 0 saturated carbocycles. The average molecular weight is 278 g/mol. The van der Waals surface area contributed by atoms with Crippen molar-refractivity contribution in [3.05, 3.63) is 23.8 Å². The van der Waals surface area contributed by atoms with E-state index in [1.807, 2.05) is 6.07 Å². The van der Waals surface area contributed by atoms with Crippen molar-refractivity contribution < 1.29 is 9.53 Å². The normalized spacial score (nSPS) is 11.2. The van der Waals surface area contributed by atoms with Gasteiger partial charge in [-0.1, -0.05) is 27.7 Å². The van der Waals surface area contributed by atoms with Crippen LogP contribution in [0.5, 0.6) is 0 Å². The fraction of sp³-hybridized carbons (Fsp3) is 0.562. The molecule has 0 aliphatic carbocycles. The summed E-state index contributed by atoms with van der Waals surface area (Å²) in [7, 11) is 1.36. The second-order valence-corrected chi connectivity index (χ2v) is 5.83. The lowest BCUT2D eigenvalue weighted by atomic mass is 9.85. The van der Waals surface area contributed by atoms with Gasteiger partial charge in [-0.15, -0.1) is 0 Å². The molecule has 0 unspecified atom stereocenters. The lowest BCUT2D eigenvalue weighted by molar-refractivity contribution is 0.0601. The van der Waals surface area contributed by atoms with E-state index in [-0.39, 0.29) is 5.97 Å². The summed E-state index contributed by atoms with van der Waals surface area (Å²) in [5, 5.41) is 3.38. The standard InChI is InChI=1S/C16H26N2O2/c1-10(2)13(11(3)4)9-18-15-7-6-12(8-14(15)17)16(19)20-5/h6-8,10-11,13,18H,9,17H2,1-5H3.